The van der Waals surface area contributed by atoms with Crippen LogP contribution in [0, 0.1) is 17.6 Å². The number of anilines is 2. The third-order valence-electron chi connectivity index (χ3n) is 3.19. The molecule has 6 nitrogen and oxygen atoms in total. The van der Waals surface area contributed by atoms with E-state index in [-0.39, 0.29) is 11.7 Å². The zero-order valence-corrected chi connectivity index (χ0v) is 14.9. The number of carbonyl (C=O) groups excluding carboxylic acids is 2. The van der Waals surface area contributed by atoms with Crippen LogP contribution >= 0.6 is 0 Å². The smallest absolute Gasteiger partial charge is 0.411 e. The van der Waals surface area contributed by atoms with Crippen molar-refractivity contribution in [3.05, 3.63) is 54.1 Å². The first-order chi connectivity index (χ1) is 12.8. The molecule has 2 amide bonds. The summed E-state index contributed by atoms with van der Waals surface area (Å²) >= 11 is 0. The van der Waals surface area contributed by atoms with Crippen molar-refractivity contribution in [1.82, 2.24) is 0 Å². The molecule has 2 aromatic rings. The molecule has 2 rings (SSSR count). The van der Waals surface area contributed by atoms with Crippen molar-refractivity contribution in [3.8, 4) is 5.75 Å². The summed E-state index contributed by atoms with van der Waals surface area (Å²) in [7, 11) is 0. The Kier molecular flexibility index (Phi) is 7.10. The fourth-order valence-corrected chi connectivity index (χ4v) is 2.00. The number of ether oxygens (including phenoxy) is 2. The van der Waals surface area contributed by atoms with Crippen molar-refractivity contribution >= 4 is 23.4 Å². The van der Waals surface area contributed by atoms with Gasteiger partial charge in [-0.15, -0.1) is 0 Å². The highest BCUT2D eigenvalue weighted by Crippen LogP contribution is 2.18. The lowest BCUT2D eigenvalue weighted by molar-refractivity contribution is -0.118. The summed E-state index contributed by atoms with van der Waals surface area (Å²) in [4.78, 5) is 23.6. The van der Waals surface area contributed by atoms with Crippen molar-refractivity contribution in [3.63, 3.8) is 0 Å². The molecule has 0 fully saturated rings. The van der Waals surface area contributed by atoms with Crippen LogP contribution in [0.15, 0.2) is 42.5 Å². The predicted octanol–water partition coefficient (Wildman–Crippen LogP) is 4.19. The molecule has 0 aromatic heterocycles. The monoisotopic (exact) mass is 378 g/mol. The second kappa shape index (κ2) is 9.51. The topological polar surface area (TPSA) is 76.7 Å². The molecule has 0 bridgehead atoms. The minimum atomic E-state index is -0.895. The first kappa shape index (κ1) is 20.2. The van der Waals surface area contributed by atoms with E-state index in [1.807, 2.05) is 13.8 Å². The second-order valence-electron chi connectivity index (χ2n) is 6.11. The Labute approximate surface area is 155 Å². The minimum absolute atomic E-state index is 0.215. The summed E-state index contributed by atoms with van der Waals surface area (Å²) in [5.41, 5.74) is 0.844. The standard InChI is InChI=1S/C19H20F2N2O4/c1-12(2)10-27-19(25)23-15-5-3-4-14(9-15)22-18(24)11-26-17-7-6-13(20)8-16(17)21/h3-9,12H,10-11H2,1-2H3,(H,22,24)(H,23,25). The lowest BCUT2D eigenvalue weighted by Crippen LogP contribution is -2.21. The molecular weight excluding hydrogens is 358 g/mol. The molecule has 0 atom stereocenters. The van der Waals surface area contributed by atoms with Crippen LogP contribution in [0.3, 0.4) is 0 Å². The number of hydrogen-bond acceptors (Lipinski definition) is 4. The van der Waals surface area contributed by atoms with Gasteiger partial charge >= 0.3 is 6.09 Å². The van der Waals surface area contributed by atoms with Crippen LogP contribution in [0.1, 0.15) is 13.8 Å². The highest BCUT2D eigenvalue weighted by Gasteiger charge is 2.10. The van der Waals surface area contributed by atoms with Crippen molar-refractivity contribution in [2.45, 2.75) is 13.8 Å². The van der Waals surface area contributed by atoms with E-state index in [1.54, 1.807) is 18.2 Å². The van der Waals surface area contributed by atoms with E-state index in [1.165, 1.54) is 6.07 Å². The predicted molar refractivity (Wildman–Crippen MR) is 96.7 cm³/mol. The van der Waals surface area contributed by atoms with E-state index in [4.69, 9.17) is 9.47 Å². The van der Waals surface area contributed by atoms with Gasteiger partial charge in [0.2, 0.25) is 0 Å². The molecule has 2 aromatic carbocycles. The van der Waals surface area contributed by atoms with Crippen LogP contribution in [-0.4, -0.2) is 25.2 Å². The SMILES string of the molecule is CC(C)COC(=O)Nc1cccc(NC(=O)COc2ccc(F)cc2F)c1. The van der Waals surface area contributed by atoms with Gasteiger partial charge in [0.1, 0.15) is 5.82 Å². The molecule has 144 valence electrons. The Hall–Kier alpha value is -3.16. The molecule has 0 spiro atoms. The first-order valence-corrected chi connectivity index (χ1v) is 8.25. The zero-order valence-electron chi connectivity index (χ0n) is 14.9. The van der Waals surface area contributed by atoms with Gasteiger partial charge in [-0.3, -0.25) is 10.1 Å². The summed E-state index contributed by atoms with van der Waals surface area (Å²) < 4.78 is 36.3. The summed E-state index contributed by atoms with van der Waals surface area (Å²) in [6, 6.07) is 9.22. The quantitative estimate of drug-likeness (QED) is 0.758. The molecule has 0 unspecified atom stereocenters. The van der Waals surface area contributed by atoms with E-state index in [9.17, 15) is 18.4 Å². The molecule has 0 aliphatic rings. The van der Waals surface area contributed by atoms with Crippen molar-refractivity contribution in [2.24, 2.45) is 5.92 Å². The van der Waals surface area contributed by atoms with Gasteiger partial charge in [-0.05, 0) is 36.2 Å². The molecule has 27 heavy (non-hydrogen) atoms. The number of carbonyl (C=O) groups is 2. The van der Waals surface area contributed by atoms with Gasteiger partial charge < -0.3 is 14.8 Å². The van der Waals surface area contributed by atoms with Gasteiger partial charge in [0, 0.05) is 17.4 Å². The highest BCUT2D eigenvalue weighted by atomic mass is 19.1. The van der Waals surface area contributed by atoms with Crippen molar-refractivity contribution in [1.29, 1.82) is 0 Å². The van der Waals surface area contributed by atoms with Gasteiger partial charge in [-0.2, -0.15) is 0 Å². The van der Waals surface area contributed by atoms with Crippen LogP contribution < -0.4 is 15.4 Å². The minimum Gasteiger partial charge on any atom is -0.481 e. The Morgan fingerprint density at radius 1 is 1.04 bits per heavy atom. The van der Waals surface area contributed by atoms with Crippen LogP contribution in [0.4, 0.5) is 25.0 Å². The average molecular weight is 378 g/mol. The summed E-state index contributed by atoms with van der Waals surface area (Å²) in [5, 5.41) is 5.11. The normalized spacial score (nSPS) is 10.4. The molecule has 0 saturated heterocycles. The molecule has 0 aliphatic heterocycles. The van der Waals surface area contributed by atoms with Gasteiger partial charge in [0.15, 0.2) is 18.2 Å². The number of nitrogens with one attached hydrogen (secondary N) is 2. The van der Waals surface area contributed by atoms with Crippen LogP contribution in [0.5, 0.6) is 5.75 Å². The lowest BCUT2D eigenvalue weighted by Gasteiger charge is -2.11. The second-order valence-corrected chi connectivity index (χ2v) is 6.11. The maximum absolute atomic E-state index is 13.5. The zero-order chi connectivity index (χ0) is 19.8. The highest BCUT2D eigenvalue weighted by molar-refractivity contribution is 5.93. The molecule has 0 heterocycles. The largest absolute Gasteiger partial charge is 0.481 e. The number of amides is 2. The first-order valence-electron chi connectivity index (χ1n) is 8.25. The van der Waals surface area contributed by atoms with Gasteiger partial charge in [-0.1, -0.05) is 19.9 Å². The van der Waals surface area contributed by atoms with Gasteiger partial charge in [-0.25, -0.2) is 13.6 Å². The summed E-state index contributed by atoms with van der Waals surface area (Å²) in [6.07, 6.45) is -0.595. The van der Waals surface area contributed by atoms with Gasteiger partial charge in [0.05, 0.1) is 6.61 Å². The maximum Gasteiger partial charge on any atom is 0.411 e. The van der Waals surface area contributed by atoms with Crippen molar-refractivity contribution < 1.29 is 27.8 Å². The molecule has 2 N–H and O–H groups in total. The Morgan fingerprint density at radius 3 is 2.41 bits per heavy atom. The van der Waals surface area contributed by atoms with Crippen LogP contribution in [0.2, 0.25) is 0 Å². The van der Waals surface area contributed by atoms with Crippen LogP contribution in [0.25, 0.3) is 0 Å². The molecule has 0 aliphatic carbocycles. The number of benzene rings is 2. The van der Waals surface area contributed by atoms with Gasteiger partial charge in [0.25, 0.3) is 5.91 Å². The summed E-state index contributed by atoms with van der Waals surface area (Å²) in [5.74, 6) is -2.19. The molecular formula is C19H20F2N2O4. The lowest BCUT2D eigenvalue weighted by atomic mass is 10.2. The van der Waals surface area contributed by atoms with E-state index >= 15 is 0 Å². The summed E-state index contributed by atoms with van der Waals surface area (Å²) in [6.45, 7) is 3.67. The number of hydrogen-bond donors (Lipinski definition) is 2. The Bertz CT molecular complexity index is 812. The number of halogens is 2. The maximum atomic E-state index is 13.5. The van der Waals surface area contributed by atoms with Crippen LogP contribution in [-0.2, 0) is 9.53 Å². The third kappa shape index (κ3) is 6.93. The number of rotatable bonds is 7. The van der Waals surface area contributed by atoms with E-state index in [0.717, 1.165) is 12.1 Å². The average Bonchev–Trinajstić information content (AvgIpc) is 2.59. The van der Waals surface area contributed by atoms with E-state index < -0.39 is 30.2 Å². The Balaban J connectivity index is 1.87. The molecule has 0 saturated carbocycles. The van der Waals surface area contributed by atoms with E-state index in [0.29, 0.717) is 24.0 Å². The van der Waals surface area contributed by atoms with Crippen molar-refractivity contribution in [2.75, 3.05) is 23.8 Å². The Morgan fingerprint density at radius 2 is 1.74 bits per heavy atom. The molecule has 0 radical (unpaired) electrons. The third-order valence-corrected chi connectivity index (χ3v) is 3.19. The molecule has 8 heteroatoms. The fourth-order valence-electron chi connectivity index (χ4n) is 2.00. The fraction of sp³-hybridized carbons (Fsp3) is 0.263. The van der Waals surface area contributed by atoms with E-state index in [2.05, 4.69) is 10.6 Å².